The smallest absolute Gasteiger partial charge is 0.255 e. The molecule has 0 fully saturated rings. The van der Waals surface area contributed by atoms with Gasteiger partial charge in [-0.15, -0.1) is 11.3 Å². The highest BCUT2D eigenvalue weighted by Crippen LogP contribution is 2.26. The molecule has 0 unspecified atom stereocenters. The Balaban J connectivity index is 1.87. The molecule has 3 rings (SSSR count). The molecule has 0 bridgehead atoms. The van der Waals surface area contributed by atoms with Crippen molar-refractivity contribution in [2.75, 3.05) is 14.2 Å². The van der Waals surface area contributed by atoms with Gasteiger partial charge in [0.05, 0.1) is 12.7 Å². The summed E-state index contributed by atoms with van der Waals surface area (Å²) in [4.78, 5) is 15.7. The number of benzene rings is 2. The first-order valence-electron chi connectivity index (χ1n) is 8.46. The van der Waals surface area contributed by atoms with Gasteiger partial charge in [0, 0.05) is 18.5 Å². The van der Waals surface area contributed by atoms with E-state index in [1.807, 2.05) is 41.8 Å². The predicted octanol–water partition coefficient (Wildman–Crippen LogP) is 5.10. The molecule has 1 amide bonds. The summed E-state index contributed by atoms with van der Waals surface area (Å²) >= 11 is 1.50. The number of ether oxygens (including phenoxy) is 1. The minimum absolute atomic E-state index is 0.0930. The maximum absolute atomic E-state index is 13.2. The van der Waals surface area contributed by atoms with Gasteiger partial charge in [0.2, 0.25) is 0 Å². The van der Waals surface area contributed by atoms with Gasteiger partial charge in [-0.05, 0) is 52.9 Å². The zero-order valence-electron chi connectivity index (χ0n) is 15.2. The molecule has 0 saturated heterocycles. The minimum Gasteiger partial charge on any atom is -0.497 e. The largest absolute Gasteiger partial charge is 0.497 e. The molecule has 5 heteroatoms. The van der Waals surface area contributed by atoms with Crippen molar-refractivity contribution >= 4 is 28.9 Å². The maximum atomic E-state index is 13.2. The summed E-state index contributed by atoms with van der Waals surface area (Å²) in [5.41, 5.74) is 2.35. The standard InChI is InChI=1S/C22H20FNO2S/c1-24(15-17-5-3-6-19(13-17)26-2)22(25)20(21-7-4-12-27-21)14-16-8-10-18(23)11-9-16/h3-14H,15H2,1-2H3/b20-14+. The number of hydrogen-bond acceptors (Lipinski definition) is 3. The molecule has 3 aromatic rings. The molecular formula is C22H20FNO2S. The quantitative estimate of drug-likeness (QED) is 0.556. The molecule has 0 saturated carbocycles. The van der Waals surface area contributed by atoms with Gasteiger partial charge in [0.15, 0.2) is 0 Å². The topological polar surface area (TPSA) is 29.5 Å². The van der Waals surface area contributed by atoms with Crippen LogP contribution in [0, 0.1) is 5.82 Å². The average Bonchev–Trinajstić information content (AvgIpc) is 3.21. The molecule has 138 valence electrons. The summed E-state index contributed by atoms with van der Waals surface area (Å²) in [5, 5.41) is 1.93. The Hall–Kier alpha value is -2.92. The molecule has 0 radical (unpaired) electrons. The molecule has 0 aliphatic carbocycles. The number of nitrogens with zero attached hydrogens (tertiary/aromatic N) is 1. The Bertz CT molecular complexity index is 933. The van der Waals surface area contributed by atoms with Crippen molar-refractivity contribution in [2.45, 2.75) is 6.54 Å². The molecule has 0 atom stereocenters. The van der Waals surface area contributed by atoms with Crippen LogP contribution in [0.25, 0.3) is 11.6 Å². The monoisotopic (exact) mass is 381 g/mol. The maximum Gasteiger partial charge on any atom is 0.255 e. The van der Waals surface area contributed by atoms with Crippen molar-refractivity contribution in [2.24, 2.45) is 0 Å². The van der Waals surface area contributed by atoms with E-state index in [0.29, 0.717) is 12.1 Å². The van der Waals surface area contributed by atoms with Crippen molar-refractivity contribution in [3.8, 4) is 5.75 Å². The van der Waals surface area contributed by atoms with Gasteiger partial charge in [-0.1, -0.05) is 30.3 Å². The van der Waals surface area contributed by atoms with E-state index >= 15 is 0 Å². The first kappa shape index (κ1) is 18.9. The summed E-state index contributed by atoms with van der Waals surface area (Å²) < 4.78 is 18.4. The van der Waals surface area contributed by atoms with E-state index in [1.54, 1.807) is 37.3 Å². The van der Waals surface area contributed by atoms with Gasteiger partial charge in [-0.2, -0.15) is 0 Å². The van der Waals surface area contributed by atoms with Gasteiger partial charge in [0.25, 0.3) is 5.91 Å². The molecule has 27 heavy (non-hydrogen) atoms. The number of likely N-dealkylation sites (N-methyl/N-ethyl adjacent to an activating group) is 1. The highest BCUT2D eigenvalue weighted by atomic mass is 32.1. The molecule has 2 aromatic carbocycles. The van der Waals surface area contributed by atoms with Crippen LogP contribution in [0.2, 0.25) is 0 Å². The molecular weight excluding hydrogens is 361 g/mol. The molecule has 3 nitrogen and oxygen atoms in total. The number of hydrogen-bond donors (Lipinski definition) is 0. The summed E-state index contributed by atoms with van der Waals surface area (Å²) in [6, 6.07) is 17.6. The number of thiophene rings is 1. The van der Waals surface area contributed by atoms with Crippen molar-refractivity contribution in [1.82, 2.24) is 4.90 Å². The fourth-order valence-electron chi connectivity index (χ4n) is 2.72. The number of carbonyl (C=O) groups is 1. The van der Waals surface area contributed by atoms with Crippen molar-refractivity contribution in [3.05, 3.63) is 87.9 Å². The van der Waals surface area contributed by atoms with Crippen LogP contribution in [0.3, 0.4) is 0 Å². The molecule has 0 N–H and O–H groups in total. The number of amides is 1. The van der Waals surface area contributed by atoms with Crippen LogP contribution in [0.4, 0.5) is 4.39 Å². The fraction of sp³-hybridized carbons (Fsp3) is 0.136. The van der Waals surface area contributed by atoms with E-state index in [-0.39, 0.29) is 11.7 Å². The molecule has 1 aromatic heterocycles. The number of halogens is 1. The number of carbonyl (C=O) groups excluding carboxylic acids is 1. The molecule has 0 aliphatic heterocycles. The summed E-state index contributed by atoms with van der Waals surface area (Å²) in [5.74, 6) is 0.365. The van der Waals surface area contributed by atoms with Crippen LogP contribution in [0.5, 0.6) is 5.75 Å². The third-order valence-electron chi connectivity index (χ3n) is 4.10. The summed E-state index contributed by atoms with van der Waals surface area (Å²) in [6.45, 7) is 0.460. The molecule has 0 aliphatic rings. The Labute approximate surface area is 162 Å². The summed E-state index contributed by atoms with van der Waals surface area (Å²) in [7, 11) is 3.39. The molecule has 1 heterocycles. The normalized spacial score (nSPS) is 11.3. The van der Waals surface area contributed by atoms with Gasteiger partial charge in [-0.3, -0.25) is 4.79 Å². The van der Waals surface area contributed by atoms with Gasteiger partial charge in [-0.25, -0.2) is 4.39 Å². The first-order valence-corrected chi connectivity index (χ1v) is 9.34. The van der Waals surface area contributed by atoms with Crippen LogP contribution in [0.15, 0.2) is 66.0 Å². The van der Waals surface area contributed by atoms with Gasteiger partial charge in [0.1, 0.15) is 11.6 Å². The minimum atomic E-state index is -0.300. The van der Waals surface area contributed by atoms with Crippen LogP contribution in [0.1, 0.15) is 16.0 Å². The lowest BCUT2D eigenvalue weighted by Crippen LogP contribution is -2.26. The molecule has 0 spiro atoms. The lowest BCUT2D eigenvalue weighted by Gasteiger charge is -2.19. The van der Waals surface area contributed by atoms with Gasteiger partial charge >= 0.3 is 0 Å². The second kappa shape index (κ2) is 8.64. The highest BCUT2D eigenvalue weighted by molar-refractivity contribution is 7.11. The van der Waals surface area contributed by atoms with E-state index in [1.165, 1.54) is 23.5 Å². The first-order chi connectivity index (χ1) is 13.1. The fourth-order valence-corrected chi connectivity index (χ4v) is 3.45. The Morgan fingerprint density at radius 1 is 1.15 bits per heavy atom. The van der Waals surface area contributed by atoms with E-state index in [2.05, 4.69) is 0 Å². The lowest BCUT2D eigenvalue weighted by atomic mass is 10.1. The Morgan fingerprint density at radius 3 is 2.59 bits per heavy atom. The number of methoxy groups -OCH3 is 1. The third kappa shape index (κ3) is 4.83. The summed E-state index contributed by atoms with van der Waals surface area (Å²) in [6.07, 6.45) is 1.80. The van der Waals surface area contributed by atoms with E-state index in [4.69, 9.17) is 4.74 Å². The number of rotatable bonds is 6. The Morgan fingerprint density at radius 2 is 1.93 bits per heavy atom. The highest BCUT2D eigenvalue weighted by Gasteiger charge is 2.18. The van der Waals surface area contributed by atoms with Gasteiger partial charge < -0.3 is 9.64 Å². The second-order valence-electron chi connectivity index (χ2n) is 6.10. The van der Waals surface area contributed by atoms with Crippen LogP contribution in [-0.4, -0.2) is 25.0 Å². The van der Waals surface area contributed by atoms with Crippen molar-refractivity contribution < 1.29 is 13.9 Å². The zero-order chi connectivity index (χ0) is 19.2. The van der Waals surface area contributed by atoms with E-state index in [0.717, 1.165) is 21.8 Å². The SMILES string of the molecule is COc1cccc(CN(C)C(=O)/C(=C/c2ccc(F)cc2)c2cccs2)c1. The Kier molecular flexibility index (Phi) is 6.04. The van der Waals surface area contributed by atoms with Crippen molar-refractivity contribution in [1.29, 1.82) is 0 Å². The lowest BCUT2D eigenvalue weighted by molar-refractivity contribution is -0.124. The second-order valence-corrected chi connectivity index (χ2v) is 7.05. The van der Waals surface area contributed by atoms with E-state index < -0.39 is 0 Å². The van der Waals surface area contributed by atoms with Crippen LogP contribution in [-0.2, 0) is 11.3 Å². The van der Waals surface area contributed by atoms with Crippen molar-refractivity contribution in [3.63, 3.8) is 0 Å². The third-order valence-corrected chi connectivity index (χ3v) is 5.00. The van der Waals surface area contributed by atoms with E-state index in [9.17, 15) is 9.18 Å². The average molecular weight is 381 g/mol. The van der Waals surface area contributed by atoms with Crippen LogP contribution < -0.4 is 4.74 Å². The predicted molar refractivity (Wildman–Crippen MR) is 108 cm³/mol. The van der Waals surface area contributed by atoms with Crippen LogP contribution >= 0.6 is 11.3 Å². The zero-order valence-corrected chi connectivity index (χ0v) is 16.0.